The van der Waals surface area contributed by atoms with E-state index in [0.717, 1.165) is 0 Å². The molecule has 0 aliphatic rings. The molecule has 4 nitrogen and oxygen atoms in total. The summed E-state index contributed by atoms with van der Waals surface area (Å²) in [6.07, 6.45) is 0.279. The Bertz CT molecular complexity index is 472. The van der Waals surface area contributed by atoms with E-state index in [1.165, 1.54) is 12.1 Å². The molecule has 0 heterocycles. The quantitative estimate of drug-likeness (QED) is 0.746. The molecule has 0 saturated heterocycles. The number of hydrogen-bond donors (Lipinski definition) is 3. The van der Waals surface area contributed by atoms with Crippen LogP contribution in [0.3, 0.4) is 0 Å². The zero-order chi connectivity index (χ0) is 14.6. The van der Waals surface area contributed by atoms with Gasteiger partial charge in [0.15, 0.2) is 0 Å². The molecule has 0 aliphatic heterocycles. The number of carbonyl (C=O) groups excluding carboxylic acids is 1. The van der Waals surface area contributed by atoms with Gasteiger partial charge in [0.05, 0.1) is 16.4 Å². The highest BCUT2D eigenvalue weighted by molar-refractivity contribution is 6.31. The van der Waals surface area contributed by atoms with E-state index in [4.69, 9.17) is 17.3 Å². The predicted molar refractivity (Wildman–Crippen MR) is 76.8 cm³/mol. The third-order valence-corrected chi connectivity index (χ3v) is 2.56. The number of nitrogens with two attached hydrogens (primary N) is 1. The molecule has 0 aromatic heterocycles. The van der Waals surface area contributed by atoms with Crippen molar-refractivity contribution in [3.8, 4) is 0 Å². The minimum absolute atomic E-state index is 0.0199. The largest absolute Gasteiger partial charge is 0.397 e. The van der Waals surface area contributed by atoms with Gasteiger partial charge in [-0.15, -0.1) is 0 Å². The van der Waals surface area contributed by atoms with E-state index in [0.29, 0.717) is 17.9 Å². The normalized spacial score (nSPS) is 11.2. The fourth-order valence-electron chi connectivity index (χ4n) is 1.51. The number of carbonyl (C=O) groups is 1. The van der Waals surface area contributed by atoms with E-state index in [2.05, 4.69) is 10.6 Å². The van der Waals surface area contributed by atoms with Crippen molar-refractivity contribution in [2.75, 3.05) is 17.6 Å². The van der Waals surface area contributed by atoms with Crippen LogP contribution in [0.4, 0.5) is 15.8 Å². The molecular formula is C13H19ClFN3O. The molecule has 0 atom stereocenters. The maximum absolute atomic E-state index is 13.3. The lowest BCUT2D eigenvalue weighted by molar-refractivity contribution is -0.122. The maximum Gasteiger partial charge on any atom is 0.222 e. The minimum atomic E-state index is -0.544. The summed E-state index contributed by atoms with van der Waals surface area (Å²) in [5.74, 6) is -0.620. The van der Waals surface area contributed by atoms with Gasteiger partial charge < -0.3 is 16.4 Å². The van der Waals surface area contributed by atoms with Crippen LogP contribution in [-0.2, 0) is 4.79 Å². The van der Waals surface area contributed by atoms with Crippen LogP contribution in [0, 0.1) is 5.82 Å². The third kappa shape index (κ3) is 5.34. The van der Waals surface area contributed by atoms with Crippen molar-refractivity contribution in [3.05, 3.63) is 23.0 Å². The van der Waals surface area contributed by atoms with Gasteiger partial charge in [-0.25, -0.2) is 4.39 Å². The summed E-state index contributed by atoms with van der Waals surface area (Å²) >= 11 is 5.60. The van der Waals surface area contributed by atoms with Gasteiger partial charge in [-0.2, -0.15) is 0 Å². The van der Waals surface area contributed by atoms with E-state index in [-0.39, 0.29) is 22.9 Å². The summed E-state index contributed by atoms with van der Waals surface area (Å²) in [6, 6.07) is 2.56. The van der Waals surface area contributed by atoms with E-state index >= 15 is 0 Å². The number of rotatable bonds is 4. The number of amides is 1. The molecule has 0 aliphatic carbocycles. The first-order valence-electron chi connectivity index (χ1n) is 5.98. The number of hydrogen-bond acceptors (Lipinski definition) is 3. The predicted octanol–water partition coefficient (Wildman–Crippen LogP) is 2.78. The van der Waals surface area contributed by atoms with Crippen LogP contribution in [-0.4, -0.2) is 18.0 Å². The summed E-state index contributed by atoms with van der Waals surface area (Å²) in [7, 11) is 0. The van der Waals surface area contributed by atoms with Gasteiger partial charge in [0.25, 0.3) is 0 Å². The fourth-order valence-corrected chi connectivity index (χ4v) is 1.68. The Labute approximate surface area is 117 Å². The van der Waals surface area contributed by atoms with Crippen LogP contribution < -0.4 is 16.4 Å². The van der Waals surface area contributed by atoms with Crippen molar-refractivity contribution in [1.82, 2.24) is 5.32 Å². The average Bonchev–Trinajstić information content (AvgIpc) is 2.22. The van der Waals surface area contributed by atoms with Crippen LogP contribution in [0.25, 0.3) is 0 Å². The molecule has 0 unspecified atom stereocenters. The molecule has 1 aromatic carbocycles. The average molecular weight is 288 g/mol. The molecule has 6 heteroatoms. The fraction of sp³-hybridized carbons (Fsp3) is 0.462. The molecule has 19 heavy (non-hydrogen) atoms. The van der Waals surface area contributed by atoms with Gasteiger partial charge in [-0.05, 0) is 26.8 Å². The molecule has 1 aromatic rings. The summed E-state index contributed by atoms with van der Waals surface area (Å²) in [4.78, 5) is 11.6. The van der Waals surface area contributed by atoms with Crippen LogP contribution in [0.1, 0.15) is 27.2 Å². The van der Waals surface area contributed by atoms with Crippen molar-refractivity contribution in [2.45, 2.75) is 32.7 Å². The van der Waals surface area contributed by atoms with Crippen LogP contribution in [0.2, 0.25) is 5.02 Å². The monoisotopic (exact) mass is 287 g/mol. The molecule has 1 rings (SSSR count). The number of benzene rings is 1. The molecule has 106 valence electrons. The summed E-state index contributed by atoms with van der Waals surface area (Å²) in [5.41, 5.74) is 6.22. The van der Waals surface area contributed by atoms with Gasteiger partial charge in [0.1, 0.15) is 5.82 Å². The zero-order valence-corrected chi connectivity index (χ0v) is 12.1. The third-order valence-electron chi connectivity index (χ3n) is 2.27. The SMILES string of the molecule is CC(C)(C)NC(=O)CCNc1cc(F)c(Cl)cc1N. The van der Waals surface area contributed by atoms with Crippen LogP contribution >= 0.6 is 11.6 Å². The Morgan fingerprint density at radius 3 is 2.63 bits per heavy atom. The van der Waals surface area contributed by atoms with Crippen molar-refractivity contribution >= 4 is 28.9 Å². The Balaban J connectivity index is 2.50. The second kappa shape index (κ2) is 6.10. The lowest BCUT2D eigenvalue weighted by Gasteiger charge is -2.20. The summed E-state index contributed by atoms with van der Waals surface area (Å²) < 4.78 is 13.3. The topological polar surface area (TPSA) is 67.2 Å². The van der Waals surface area contributed by atoms with Crippen molar-refractivity contribution in [1.29, 1.82) is 0 Å². The van der Waals surface area contributed by atoms with Gasteiger partial charge in [0.2, 0.25) is 5.91 Å². The summed E-state index contributed by atoms with van der Waals surface area (Å²) in [6.45, 7) is 6.09. The van der Waals surface area contributed by atoms with Crippen molar-refractivity contribution < 1.29 is 9.18 Å². The Morgan fingerprint density at radius 1 is 1.42 bits per heavy atom. The molecular weight excluding hydrogens is 269 g/mol. The van der Waals surface area contributed by atoms with Gasteiger partial charge in [-0.3, -0.25) is 4.79 Å². The highest BCUT2D eigenvalue weighted by atomic mass is 35.5. The number of halogens is 2. The molecule has 0 saturated carbocycles. The molecule has 0 fully saturated rings. The van der Waals surface area contributed by atoms with Crippen LogP contribution in [0.15, 0.2) is 12.1 Å². The van der Waals surface area contributed by atoms with Crippen molar-refractivity contribution in [2.24, 2.45) is 0 Å². The van der Waals surface area contributed by atoms with E-state index in [9.17, 15) is 9.18 Å². The van der Waals surface area contributed by atoms with Gasteiger partial charge in [0, 0.05) is 24.6 Å². The first kappa shape index (κ1) is 15.6. The Morgan fingerprint density at radius 2 is 2.05 bits per heavy atom. The second-order valence-corrected chi connectivity index (χ2v) is 5.74. The van der Waals surface area contributed by atoms with Gasteiger partial charge >= 0.3 is 0 Å². The number of anilines is 2. The van der Waals surface area contributed by atoms with Gasteiger partial charge in [-0.1, -0.05) is 11.6 Å². The summed E-state index contributed by atoms with van der Waals surface area (Å²) in [5, 5.41) is 5.73. The van der Waals surface area contributed by atoms with Crippen molar-refractivity contribution in [3.63, 3.8) is 0 Å². The van der Waals surface area contributed by atoms with Crippen LogP contribution in [0.5, 0.6) is 0 Å². The zero-order valence-electron chi connectivity index (χ0n) is 11.3. The Kier molecular flexibility index (Phi) is 5.00. The molecule has 0 radical (unpaired) electrons. The number of nitrogen functional groups attached to an aromatic ring is 1. The van der Waals surface area contributed by atoms with E-state index < -0.39 is 5.82 Å². The lowest BCUT2D eigenvalue weighted by atomic mass is 10.1. The van der Waals surface area contributed by atoms with E-state index in [1.807, 2.05) is 20.8 Å². The molecule has 0 bridgehead atoms. The molecule has 0 spiro atoms. The maximum atomic E-state index is 13.3. The lowest BCUT2D eigenvalue weighted by Crippen LogP contribution is -2.41. The second-order valence-electron chi connectivity index (χ2n) is 5.33. The highest BCUT2D eigenvalue weighted by Gasteiger charge is 2.13. The first-order chi connectivity index (χ1) is 8.69. The molecule has 1 amide bonds. The first-order valence-corrected chi connectivity index (χ1v) is 6.36. The van der Waals surface area contributed by atoms with E-state index in [1.54, 1.807) is 0 Å². The standard InChI is InChI=1S/C13H19ClFN3O/c1-13(2,3)18-12(19)4-5-17-11-7-9(15)8(14)6-10(11)16/h6-7,17H,4-5,16H2,1-3H3,(H,18,19). The minimum Gasteiger partial charge on any atom is -0.397 e. The Hall–Kier alpha value is -1.49. The smallest absolute Gasteiger partial charge is 0.222 e. The number of nitrogens with one attached hydrogen (secondary N) is 2. The molecule has 4 N–H and O–H groups in total. The highest BCUT2D eigenvalue weighted by Crippen LogP contribution is 2.25.